The standard InChI is InChI=1S/C35H32N2O4S2/c1-4-30(33(39)37-34-31(35(40)41-5-2)29(21-42-34)24-15-13-22(3)14-16-24)43-28-12-8-11-27(20-28)36-32(38)26-18-17-23-9-6-7-10-25(23)19-26/h6-21,30H,4-5H2,1-3H3,(H,36,38)(H,37,39). The van der Waals surface area contributed by atoms with Crippen LogP contribution in [-0.4, -0.2) is 29.6 Å². The lowest BCUT2D eigenvalue weighted by Gasteiger charge is -2.16. The van der Waals surface area contributed by atoms with Crippen molar-refractivity contribution < 1.29 is 19.1 Å². The Morgan fingerprint density at radius 1 is 0.860 bits per heavy atom. The number of thioether (sulfide) groups is 1. The molecule has 0 saturated heterocycles. The first kappa shape index (κ1) is 30.1. The van der Waals surface area contributed by atoms with Gasteiger partial charge in [-0.25, -0.2) is 4.79 Å². The summed E-state index contributed by atoms with van der Waals surface area (Å²) in [5.41, 5.74) is 4.31. The van der Waals surface area contributed by atoms with Gasteiger partial charge in [0.05, 0.1) is 11.9 Å². The summed E-state index contributed by atoms with van der Waals surface area (Å²) in [7, 11) is 0. The van der Waals surface area contributed by atoms with Crippen LogP contribution in [0.15, 0.2) is 101 Å². The number of anilines is 2. The van der Waals surface area contributed by atoms with Gasteiger partial charge in [-0.1, -0.05) is 73.2 Å². The van der Waals surface area contributed by atoms with E-state index in [1.165, 1.54) is 23.1 Å². The van der Waals surface area contributed by atoms with Crippen molar-refractivity contribution in [1.82, 2.24) is 0 Å². The van der Waals surface area contributed by atoms with E-state index >= 15 is 0 Å². The number of benzene rings is 4. The molecule has 1 heterocycles. The van der Waals surface area contributed by atoms with Gasteiger partial charge in [0.2, 0.25) is 5.91 Å². The lowest BCUT2D eigenvalue weighted by molar-refractivity contribution is -0.115. The molecule has 2 N–H and O–H groups in total. The van der Waals surface area contributed by atoms with Crippen LogP contribution in [0.3, 0.4) is 0 Å². The monoisotopic (exact) mass is 608 g/mol. The normalized spacial score (nSPS) is 11.6. The largest absolute Gasteiger partial charge is 0.462 e. The van der Waals surface area contributed by atoms with Gasteiger partial charge in [0.15, 0.2) is 0 Å². The number of rotatable bonds is 10. The number of thiophene rings is 1. The summed E-state index contributed by atoms with van der Waals surface area (Å²) in [6, 6.07) is 28.9. The van der Waals surface area contributed by atoms with Crippen LogP contribution in [0.2, 0.25) is 0 Å². The van der Waals surface area contributed by atoms with Crippen molar-refractivity contribution in [3.05, 3.63) is 113 Å². The Bertz CT molecular complexity index is 1780. The zero-order chi connectivity index (χ0) is 30.3. The van der Waals surface area contributed by atoms with Gasteiger partial charge >= 0.3 is 5.97 Å². The van der Waals surface area contributed by atoms with E-state index in [0.717, 1.165) is 32.4 Å². The number of carbonyl (C=O) groups excluding carboxylic acids is 3. The highest BCUT2D eigenvalue weighted by molar-refractivity contribution is 8.00. The molecule has 218 valence electrons. The molecule has 43 heavy (non-hydrogen) atoms. The van der Waals surface area contributed by atoms with Crippen LogP contribution in [0, 0.1) is 6.92 Å². The third kappa shape index (κ3) is 7.16. The molecular weight excluding hydrogens is 577 g/mol. The molecule has 6 nitrogen and oxygen atoms in total. The minimum atomic E-state index is -0.467. The van der Waals surface area contributed by atoms with E-state index in [-0.39, 0.29) is 18.4 Å². The topological polar surface area (TPSA) is 84.5 Å². The van der Waals surface area contributed by atoms with Crippen LogP contribution < -0.4 is 10.6 Å². The summed E-state index contributed by atoms with van der Waals surface area (Å²) in [5.74, 6) is -0.877. The van der Waals surface area contributed by atoms with Crippen molar-refractivity contribution in [3.8, 4) is 11.1 Å². The van der Waals surface area contributed by atoms with Crippen molar-refractivity contribution in [2.45, 2.75) is 37.3 Å². The van der Waals surface area contributed by atoms with Gasteiger partial charge in [0.1, 0.15) is 10.6 Å². The molecule has 0 aliphatic heterocycles. The van der Waals surface area contributed by atoms with E-state index in [9.17, 15) is 14.4 Å². The lowest BCUT2D eigenvalue weighted by Crippen LogP contribution is -2.25. The zero-order valence-corrected chi connectivity index (χ0v) is 25.8. The van der Waals surface area contributed by atoms with Crippen LogP contribution in [0.1, 0.15) is 46.5 Å². The quantitative estimate of drug-likeness (QED) is 0.122. The Morgan fingerprint density at radius 2 is 1.63 bits per heavy atom. The number of nitrogens with one attached hydrogen (secondary N) is 2. The average Bonchev–Trinajstić information content (AvgIpc) is 3.43. The summed E-state index contributed by atoms with van der Waals surface area (Å²) in [6.07, 6.45) is 0.565. The van der Waals surface area contributed by atoms with Crippen LogP contribution in [0.4, 0.5) is 10.7 Å². The Hall–Kier alpha value is -4.40. The molecule has 1 atom stereocenters. The lowest BCUT2D eigenvalue weighted by atomic mass is 10.0. The van der Waals surface area contributed by atoms with Gasteiger partial charge in [0, 0.05) is 27.1 Å². The molecule has 0 spiro atoms. The van der Waals surface area contributed by atoms with E-state index in [4.69, 9.17) is 4.74 Å². The maximum Gasteiger partial charge on any atom is 0.341 e. The number of esters is 1. The first-order chi connectivity index (χ1) is 20.9. The van der Waals surface area contributed by atoms with E-state index in [1.807, 2.05) is 110 Å². The van der Waals surface area contributed by atoms with E-state index in [2.05, 4.69) is 10.6 Å². The molecule has 0 aliphatic carbocycles. The molecular formula is C35H32N2O4S2. The van der Waals surface area contributed by atoms with Crippen molar-refractivity contribution >= 4 is 62.3 Å². The number of fused-ring (bicyclic) bond motifs is 1. The van der Waals surface area contributed by atoms with Crippen LogP contribution in [0.25, 0.3) is 21.9 Å². The maximum absolute atomic E-state index is 13.5. The van der Waals surface area contributed by atoms with Crippen LogP contribution in [0.5, 0.6) is 0 Å². The number of amides is 2. The second-order valence-corrected chi connectivity index (χ2v) is 12.1. The molecule has 0 radical (unpaired) electrons. The molecule has 0 bridgehead atoms. The van der Waals surface area contributed by atoms with Gasteiger partial charge in [-0.05, 0) is 66.9 Å². The van der Waals surface area contributed by atoms with E-state index in [0.29, 0.717) is 28.2 Å². The number of carbonyl (C=O) groups is 3. The summed E-state index contributed by atoms with van der Waals surface area (Å²) in [6.45, 7) is 5.94. The predicted molar refractivity (Wildman–Crippen MR) is 177 cm³/mol. The van der Waals surface area contributed by atoms with E-state index in [1.54, 1.807) is 6.92 Å². The van der Waals surface area contributed by atoms with Gasteiger partial charge in [-0.3, -0.25) is 9.59 Å². The summed E-state index contributed by atoms with van der Waals surface area (Å²) in [4.78, 5) is 40.3. The Morgan fingerprint density at radius 3 is 2.37 bits per heavy atom. The minimum Gasteiger partial charge on any atom is -0.462 e. The van der Waals surface area contributed by atoms with E-state index < -0.39 is 11.2 Å². The molecule has 8 heteroatoms. The third-order valence-electron chi connectivity index (χ3n) is 6.92. The summed E-state index contributed by atoms with van der Waals surface area (Å²) in [5, 5.41) is 9.96. The van der Waals surface area contributed by atoms with Gasteiger partial charge in [-0.2, -0.15) is 0 Å². The van der Waals surface area contributed by atoms with Crippen molar-refractivity contribution in [2.24, 2.45) is 0 Å². The maximum atomic E-state index is 13.5. The first-order valence-electron chi connectivity index (χ1n) is 14.1. The highest BCUT2D eigenvalue weighted by Gasteiger charge is 2.26. The number of aryl methyl sites for hydroxylation is 1. The second-order valence-electron chi connectivity index (χ2n) is 9.99. The van der Waals surface area contributed by atoms with Gasteiger partial charge < -0.3 is 15.4 Å². The Labute approximate surface area is 259 Å². The Balaban J connectivity index is 1.30. The fraction of sp³-hybridized carbons (Fsp3) is 0.171. The first-order valence-corrected chi connectivity index (χ1v) is 15.9. The molecule has 0 fully saturated rings. The molecule has 0 saturated carbocycles. The van der Waals surface area contributed by atoms with Crippen LogP contribution >= 0.6 is 23.1 Å². The zero-order valence-electron chi connectivity index (χ0n) is 24.2. The van der Waals surface area contributed by atoms with Crippen molar-refractivity contribution in [3.63, 3.8) is 0 Å². The molecule has 5 aromatic rings. The molecule has 1 unspecified atom stereocenters. The molecule has 1 aromatic heterocycles. The van der Waals surface area contributed by atoms with Gasteiger partial charge in [0.25, 0.3) is 5.91 Å². The van der Waals surface area contributed by atoms with Crippen molar-refractivity contribution in [1.29, 1.82) is 0 Å². The molecule has 4 aromatic carbocycles. The second kappa shape index (κ2) is 13.7. The number of ether oxygens (including phenoxy) is 1. The highest BCUT2D eigenvalue weighted by Crippen LogP contribution is 2.37. The fourth-order valence-corrected chi connectivity index (χ4v) is 6.63. The van der Waals surface area contributed by atoms with Crippen LogP contribution in [-0.2, 0) is 9.53 Å². The SMILES string of the molecule is CCOC(=O)c1c(-c2ccc(C)cc2)csc1NC(=O)C(CC)Sc1cccc(NC(=O)c2ccc3ccccc3c2)c1. The predicted octanol–water partition coefficient (Wildman–Crippen LogP) is 8.82. The van der Waals surface area contributed by atoms with Gasteiger partial charge in [-0.15, -0.1) is 23.1 Å². The number of hydrogen-bond donors (Lipinski definition) is 2. The summed E-state index contributed by atoms with van der Waals surface area (Å²) >= 11 is 2.72. The minimum absolute atomic E-state index is 0.203. The average molecular weight is 609 g/mol. The molecule has 0 aliphatic rings. The highest BCUT2D eigenvalue weighted by atomic mass is 32.2. The smallest absolute Gasteiger partial charge is 0.341 e. The summed E-state index contributed by atoms with van der Waals surface area (Å²) < 4.78 is 5.35. The molecule has 5 rings (SSSR count). The van der Waals surface area contributed by atoms with Crippen molar-refractivity contribution in [2.75, 3.05) is 17.2 Å². The molecule has 2 amide bonds. The number of hydrogen-bond acceptors (Lipinski definition) is 6. The Kier molecular flexibility index (Phi) is 9.59. The third-order valence-corrected chi connectivity index (χ3v) is 9.17. The fourth-order valence-electron chi connectivity index (χ4n) is 4.66.